The quantitative estimate of drug-likeness (QED) is 0.184. The molecule has 0 fully saturated rings. The standard InChI is InChI=1S/C48H31N3O/c1-4-15-32(16-5-1)37-23-14-24-40-45-38-21-10-12-25-43(38)52-44-26-13-11-22-39(44)47(45)51(46(37)40)36-29-27-34(28-30-36)42-31-41(33-17-6-2-7-18-33)49-48(50-42)35-19-8-3-9-20-35/h1-31H. The van der Waals surface area contributed by atoms with Gasteiger partial charge in [-0.15, -0.1) is 0 Å². The van der Waals surface area contributed by atoms with Crippen molar-refractivity contribution in [3.05, 3.63) is 188 Å². The van der Waals surface area contributed by atoms with E-state index in [1.807, 2.05) is 48.5 Å². The number of rotatable bonds is 5. The third kappa shape index (κ3) is 5.00. The minimum absolute atomic E-state index is 0.700. The van der Waals surface area contributed by atoms with Crippen LogP contribution in [-0.2, 0) is 0 Å². The molecule has 0 saturated heterocycles. The van der Waals surface area contributed by atoms with E-state index in [0.29, 0.717) is 5.82 Å². The Morgan fingerprint density at radius 3 is 1.60 bits per heavy atom. The lowest BCUT2D eigenvalue weighted by atomic mass is 9.96. The molecule has 4 nitrogen and oxygen atoms in total. The van der Waals surface area contributed by atoms with Crippen LogP contribution in [-0.4, -0.2) is 14.5 Å². The molecule has 2 aromatic heterocycles. The topological polar surface area (TPSA) is 39.9 Å². The Hall–Kier alpha value is -7.04. The summed E-state index contributed by atoms with van der Waals surface area (Å²) in [4.78, 5) is 10.1. The number of benzene rings is 7. The summed E-state index contributed by atoms with van der Waals surface area (Å²) in [6, 6.07) is 65.4. The summed E-state index contributed by atoms with van der Waals surface area (Å²) >= 11 is 0. The highest BCUT2D eigenvalue weighted by molar-refractivity contribution is 6.12. The molecule has 0 N–H and O–H groups in total. The van der Waals surface area contributed by atoms with Crippen LogP contribution >= 0.6 is 0 Å². The second kappa shape index (κ2) is 12.4. The summed E-state index contributed by atoms with van der Waals surface area (Å²) in [5.74, 6) is 2.38. The van der Waals surface area contributed by atoms with Gasteiger partial charge < -0.3 is 9.30 Å². The number of nitrogens with zero attached hydrogens (tertiary/aromatic N) is 3. The molecule has 0 saturated carbocycles. The second-order valence-corrected chi connectivity index (χ2v) is 13.0. The fraction of sp³-hybridized carbons (Fsp3) is 0. The second-order valence-electron chi connectivity index (χ2n) is 13.0. The van der Waals surface area contributed by atoms with Crippen molar-refractivity contribution in [3.8, 4) is 84.6 Å². The van der Waals surface area contributed by atoms with E-state index < -0.39 is 0 Å². The van der Waals surface area contributed by atoms with Crippen molar-refractivity contribution in [2.45, 2.75) is 0 Å². The highest BCUT2D eigenvalue weighted by atomic mass is 16.5. The molecule has 0 bridgehead atoms. The van der Waals surface area contributed by atoms with Crippen molar-refractivity contribution in [3.63, 3.8) is 0 Å². The van der Waals surface area contributed by atoms with Crippen LogP contribution in [0.2, 0.25) is 0 Å². The first-order valence-corrected chi connectivity index (χ1v) is 17.5. The van der Waals surface area contributed by atoms with Gasteiger partial charge >= 0.3 is 0 Å². The van der Waals surface area contributed by atoms with E-state index in [0.717, 1.165) is 73.2 Å². The van der Waals surface area contributed by atoms with Gasteiger partial charge in [-0.2, -0.15) is 0 Å². The fourth-order valence-electron chi connectivity index (χ4n) is 7.46. The lowest BCUT2D eigenvalue weighted by Gasteiger charge is -2.16. The number of hydrogen-bond acceptors (Lipinski definition) is 3. The average Bonchev–Trinajstić information content (AvgIpc) is 3.49. The summed E-state index contributed by atoms with van der Waals surface area (Å²) in [5, 5.41) is 1.17. The summed E-state index contributed by atoms with van der Waals surface area (Å²) in [6.07, 6.45) is 0. The van der Waals surface area contributed by atoms with Gasteiger partial charge in [0.15, 0.2) is 5.82 Å². The van der Waals surface area contributed by atoms with E-state index >= 15 is 0 Å². The lowest BCUT2D eigenvalue weighted by Crippen LogP contribution is -2.00. The Labute approximate surface area is 301 Å². The van der Waals surface area contributed by atoms with Crippen LogP contribution < -0.4 is 4.74 Å². The molecule has 0 radical (unpaired) electrons. The number of para-hydroxylation sites is 3. The third-order valence-corrected chi connectivity index (χ3v) is 9.84. The third-order valence-electron chi connectivity index (χ3n) is 9.84. The average molecular weight is 666 g/mol. The van der Waals surface area contributed by atoms with Crippen LogP contribution in [0.1, 0.15) is 0 Å². The molecule has 0 spiro atoms. The van der Waals surface area contributed by atoms with Crippen molar-refractivity contribution >= 4 is 10.9 Å². The molecule has 7 aromatic carbocycles. The summed E-state index contributed by atoms with van der Waals surface area (Å²) in [7, 11) is 0. The van der Waals surface area contributed by atoms with Crippen LogP contribution in [0, 0.1) is 0 Å². The molecule has 1 aliphatic heterocycles. The van der Waals surface area contributed by atoms with E-state index in [1.165, 1.54) is 16.5 Å². The summed E-state index contributed by atoms with van der Waals surface area (Å²) in [6.45, 7) is 0. The van der Waals surface area contributed by atoms with Crippen molar-refractivity contribution < 1.29 is 4.74 Å². The van der Waals surface area contributed by atoms with E-state index in [1.54, 1.807) is 0 Å². The zero-order chi connectivity index (χ0) is 34.4. The van der Waals surface area contributed by atoms with Gasteiger partial charge in [-0.3, -0.25) is 0 Å². The van der Waals surface area contributed by atoms with Gasteiger partial charge in [-0.05, 0) is 42.0 Å². The van der Waals surface area contributed by atoms with Crippen LogP contribution in [0.5, 0.6) is 11.5 Å². The first-order valence-electron chi connectivity index (χ1n) is 17.5. The Morgan fingerprint density at radius 1 is 0.404 bits per heavy atom. The molecule has 0 amide bonds. The monoisotopic (exact) mass is 665 g/mol. The molecule has 0 aliphatic carbocycles. The molecular weight excluding hydrogens is 635 g/mol. The fourth-order valence-corrected chi connectivity index (χ4v) is 7.46. The van der Waals surface area contributed by atoms with Gasteiger partial charge in [0, 0.05) is 50.0 Å². The van der Waals surface area contributed by atoms with E-state index in [4.69, 9.17) is 14.7 Å². The van der Waals surface area contributed by atoms with Crippen LogP contribution in [0.4, 0.5) is 0 Å². The Bertz CT molecular complexity index is 2680. The first-order chi connectivity index (χ1) is 25.8. The number of aromatic nitrogens is 3. The molecular formula is C48H31N3O. The zero-order valence-electron chi connectivity index (χ0n) is 28.1. The maximum absolute atomic E-state index is 6.64. The Kier molecular flexibility index (Phi) is 7.10. The van der Waals surface area contributed by atoms with Crippen LogP contribution in [0.25, 0.3) is 84.0 Å². The van der Waals surface area contributed by atoms with Crippen molar-refractivity contribution in [2.24, 2.45) is 0 Å². The lowest BCUT2D eigenvalue weighted by molar-refractivity contribution is 0.487. The maximum atomic E-state index is 6.64. The van der Waals surface area contributed by atoms with Crippen molar-refractivity contribution in [2.75, 3.05) is 0 Å². The van der Waals surface area contributed by atoms with Gasteiger partial charge in [0.2, 0.25) is 0 Å². The highest BCUT2D eigenvalue weighted by Crippen LogP contribution is 2.53. The number of ether oxygens (including phenoxy) is 1. The van der Waals surface area contributed by atoms with Gasteiger partial charge in [-0.25, -0.2) is 9.97 Å². The zero-order valence-corrected chi connectivity index (χ0v) is 28.1. The summed E-state index contributed by atoms with van der Waals surface area (Å²) in [5.41, 5.74) is 13.7. The molecule has 244 valence electrons. The minimum Gasteiger partial charge on any atom is -0.456 e. The van der Waals surface area contributed by atoms with E-state index in [9.17, 15) is 0 Å². The van der Waals surface area contributed by atoms with Gasteiger partial charge in [0.25, 0.3) is 0 Å². The first kappa shape index (κ1) is 29.8. The highest BCUT2D eigenvalue weighted by Gasteiger charge is 2.29. The normalized spacial score (nSPS) is 11.6. The molecule has 3 heterocycles. The van der Waals surface area contributed by atoms with Crippen molar-refractivity contribution in [1.29, 1.82) is 0 Å². The van der Waals surface area contributed by atoms with Gasteiger partial charge in [0.05, 0.1) is 22.6 Å². The maximum Gasteiger partial charge on any atom is 0.160 e. The number of hydrogen-bond donors (Lipinski definition) is 0. The molecule has 4 heteroatoms. The van der Waals surface area contributed by atoms with Gasteiger partial charge in [0.1, 0.15) is 11.5 Å². The minimum atomic E-state index is 0.700. The molecule has 9 aromatic rings. The molecule has 52 heavy (non-hydrogen) atoms. The van der Waals surface area contributed by atoms with Gasteiger partial charge in [-0.1, -0.05) is 152 Å². The van der Waals surface area contributed by atoms with E-state index in [2.05, 4.69) is 144 Å². The summed E-state index contributed by atoms with van der Waals surface area (Å²) < 4.78 is 9.07. The predicted octanol–water partition coefficient (Wildman–Crippen LogP) is 12.5. The Morgan fingerprint density at radius 2 is 0.923 bits per heavy atom. The molecule has 1 aliphatic rings. The molecule has 10 rings (SSSR count). The van der Waals surface area contributed by atoms with Crippen molar-refractivity contribution in [1.82, 2.24) is 14.5 Å². The smallest absolute Gasteiger partial charge is 0.160 e. The van der Waals surface area contributed by atoms with Crippen LogP contribution in [0.3, 0.4) is 0 Å². The van der Waals surface area contributed by atoms with Crippen LogP contribution in [0.15, 0.2) is 188 Å². The Balaban J connectivity index is 1.22. The number of fused-ring (bicyclic) bond motifs is 7. The largest absolute Gasteiger partial charge is 0.456 e. The predicted molar refractivity (Wildman–Crippen MR) is 212 cm³/mol. The molecule has 0 unspecified atom stereocenters. The SMILES string of the molecule is c1ccc(-c2cc(-c3ccc(-n4c5c(c6cccc(-c7ccccc7)c64)-c4ccccc4Oc4ccccc4-5)cc3)nc(-c3ccccc3)n2)cc1. The molecule has 0 atom stereocenters. The van der Waals surface area contributed by atoms with E-state index in [-0.39, 0.29) is 0 Å².